The first-order chi connectivity index (χ1) is 9.35. The van der Waals surface area contributed by atoms with E-state index in [1.54, 1.807) is 0 Å². The monoisotopic (exact) mass is 250 g/mol. The molecule has 3 heteroatoms. The van der Waals surface area contributed by atoms with Crippen molar-refractivity contribution >= 4 is 10.9 Å². The fourth-order valence-corrected chi connectivity index (χ4v) is 1.92. The average Bonchev–Trinajstić information content (AvgIpc) is 2.48. The minimum Gasteiger partial charge on any atom is -0.439 e. The Morgan fingerprint density at radius 2 is 1.68 bits per heavy atom. The Hall–Kier alpha value is -2.39. The van der Waals surface area contributed by atoms with Crippen LogP contribution in [0, 0.1) is 0 Å². The van der Waals surface area contributed by atoms with Crippen LogP contribution in [0.1, 0.15) is 5.56 Å². The summed E-state index contributed by atoms with van der Waals surface area (Å²) in [6.45, 7) is 0.536. The highest BCUT2D eigenvalue weighted by Gasteiger charge is 2.00. The van der Waals surface area contributed by atoms with Crippen molar-refractivity contribution in [3.05, 3.63) is 66.2 Å². The molecule has 1 aromatic heterocycles. The van der Waals surface area contributed by atoms with Crippen LogP contribution in [0.4, 0.5) is 0 Å². The molecule has 0 saturated heterocycles. The predicted molar refractivity (Wildman–Crippen MR) is 76.2 cm³/mol. The summed E-state index contributed by atoms with van der Waals surface area (Å²) in [5.74, 6) is 1.36. The highest BCUT2D eigenvalue weighted by atomic mass is 16.5. The molecule has 3 aromatic rings. The fraction of sp³-hybridized carbons (Fsp3) is 0.0625. The predicted octanol–water partition coefficient (Wildman–Crippen LogP) is 3.49. The van der Waals surface area contributed by atoms with Crippen molar-refractivity contribution in [3.8, 4) is 11.6 Å². The van der Waals surface area contributed by atoms with Crippen LogP contribution >= 0.6 is 0 Å². The summed E-state index contributed by atoms with van der Waals surface area (Å²) < 4.78 is 5.73. The van der Waals surface area contributed by atoms with Gasteiger partial charge in [0.25, 0.3) is 0 Å². The zero-order valence-electron chi connectivity index (χ0n) is 10.4. The van der Waals surface area contributed by atoms with Crippen LogP contribution in [0.5, 0.6) is 11.6 Å². The van der Waals surface area contributed by atoms with Gasteiger partial charge in [-0.3, -0.25) is 0 Å². The van der Waals surface area contributed by atoms with E-state index in [9.17, 15) is 0 Å². The Bertz CT molecular complexity index is 692. The Kier molecular flexibility index (Phi) is 3.12. The lowest BCUT2D eigenvalue weighted by molar-refractivity contribution is 0.465. The third-order valence-corrected chi connectivity index (χ3v) is 2.95. The second-order valence-corrected chi connectivity index (χ2v) is 4.29. The largest absolute Gasteiger partial charge is 0.439 e. The summed E-state index contributed by atoms with van der Waals surface area (Å²) in [6, 6.07) is 19.6. The van der Waals surface area contributed by atoms with Crippen molar-refractivity contribution in [2.45, 2.75) is 6.54 Å². The molecule has 2 aromatic carbocycles. The van der Waals surface area contributed by atoms with Gasteiger partial charge < -0.3 is 10.5 Å². The summed E-state index contributed by atoms with van der Waals surface area (Å²) in [4.78, 5) is 4.47. The van der Waals surface area contributed by atoms with Gasteiger partial charge in [0, 0.05) is 18.0 Å². The highest BCUT2D eigenvalue weighted by molar-refractivity contribution is 5.78. The number of benzene rings is 2. The molecule has 1 heterocycles. The number of aromatic nitrogens is 1. The molecule has 0 bridgehead atoms. The summed E-state index contributed by atoms with van der Waals surface area (Å²) >= 11 is 0. The summed E-state index contributed by atoms with van der Waals surface area (Å²) in [6.07, 6.45) is 0. The molecule has 3 rings (SSSR count). The van der Waals surface area contributed by atoms with Gasteiger partial charge in [-0.15, -0.1) is 0 Å². The third-order valence-electron chi connectivity index (χ3n) is 2.95. The van der Waals surface area contributed by atoms with E-state index in [0.29, 0.717) is 12.4 Å². The highest BCUT2D eigenvalue weighted by Crippen LogP contribution is 2.22. The second-order valence-electron chi connectivity index (χ2n) is 4.29. The standard InChI is InChI=1S/C16H14N2O/c17-11-12-5-8-14(9-6-12)19-16-10-7-13-3-1-2-4-15(13)18-16/h1-10H,11,17H2. The van der Waals surface area contributed by atoms with Gasteiger partial charge in [-0.05, 0) is 29.8 Å². The van der Waals surface area contributed by atoms with E-state index < -0.39 is 0 Å². The molecule has 0 aliphatic heterocycles. The number of fused-ring (bicyclic) bond motifs is 1. The number of ether oxygens (including phenoxy) is 1. The molecule has 0 saturated carbocycles. The van der Waals surface area contributed by atoms with E-state index in [1.807, 2.05) is 60.7 Å². The summed E-state index contributed by atoms with van der Waals surface area (Å²) in [5.41, 5.74) is 7.57. The minimum atomic E-state index is 0.536. The SMILES string of the molecule is NCc1ccc(Oc2ccc3ccccc3n2)cc1. The molecule has 0 fully saturated rings. The van der Waals surface area contributed by atoms with Crippen molar-refractivity contribution in [2.75, 3.05) is 0 Å². The van der Waals surface area contributed by atoms with Gasteiger partial charge in [-0.1, -0.05) is 30.3 Å². The lowest BCUT2D eigenvalue weighted by atomic mass is 10.2. The van der Waals surface area contributed by atoms with E-state index >= 15 is 0 Å². The second kappa shape index (κ2) is 5.08. The Balaban J connectivity index is 1.87. The molecule has 0 atom stereocenters. The Morgan fingerprint density at radius 3 is 2.47 bits per heavy atom. The normalized spacial score (nSPS) is 10.6. The molecule has 0 aliphatic rings. The van der Waals surface area contributed by atoms with Crippen LogP contribution in [0.2, 0.25) is 0 Å². The van der Waals surface area contributed by atoms with Crippen LogP contribution in [0.3, 0.4) is 0 Å². The molecular weight excluding hydrogens is 236 g/mol. The minimum absolute atomic E-state index is 0.536. The van der Waals surface area contributed by atoms with Crippen molar-refractivity contribution < 1.29 is 4.74 Å². The lowest BCUT2D eigenvalue weighted by Crippen LogP contribution is -1.95. The Labute approximate surface area is 111 Å². The first-order valence-corrected chi connectivity index (χ1v) is 6.18. The summed E-state index contributed by atoms with van der Waals surface area (Å²) in [5, 5.41) is 1.10. The number of hydrogen-bond acceptors (Lipinski definition) is 3. The van der Waals surface area contributed by atoms with Gasteiger partial charge in [-0.2, -0.15) is 0 Å². The zero-order valence-corrected chi connectivity index (χ0v) is 10.4. The van der Waals surface area contributed by atoms with Gasteiger partial charge in [0.2, 0.25) is 5.88 Å². The van der Waals surface area contributed by atoms with E-state index in [-0.39, 0.29) is 0 Å². The molecule has 0 unspecified atom stereocenters. The molecular formula is C16H14N2O. The van der Waals surface area contributed by atoms with E-state index in [2.05, 4.69) is 4.98 Å². The number of pyridine rings is 1. The fourth-order valence-electron chi connectivity index (χ4n) is 1.92. The van der Waals surface area contributed by atoms with Crippen molar-refractivity contribution in [1.82, 2.24) is 4.98 Å². The van der Waals surface area contributed by atoms with Crippen LogP contribution in [-0.2, 0) is 6.54 Å². The molecule has 2 N–H and O–H groups in total. The number of rotatable bonds is 3. The molecule has 0 amide bonds. The van der Waals surface area contributed by atoms with E-state index in [4.69, 9.17) is 10.5 Å². The topological polar surface area (TPSA) is 48.1 Å². The quantitative estimate of drug-likeness (QED) is 0.774. The van der Waals surface area contributed by atoms with Gasteiger partial charge in [0.05, 0.1) is 5.52 Å². The van der Waals surface area contributed by atoms with Gasteiger partial charge in [0.15, 0.2) is 0 Å². The van der Waals surface area contributed by atoms with E-state index in [1.165, 1.54) is 0 Å². The molecule has 19 heavy (non-hydrogen) atoms. The maximum Gasteiger partial charge on any atom is 0.219 e. The average molecular weight is 250 g/mol. The van der Waals surface area contributed by atoms with Crippen molar-refractivity contribution in [1.29, 1.82) is 0 Å². The molecule has 0 radical (unpaired) electrons. The van der Waals surface area contributed by atoms with Crippen molar-refractivity contribution in [2.24, 2.45) is 5.73 Å². The van der Waals surface area contributed by atoms with Gasteiger partial charge in [0.1, 0.15) is 5.75 Å². The molecule has 3 nitrogen and oxygen atoms in total. The molecule has 0 spiro atoms. The van der Waals surface area contributed by atoms with Crippen LogP contribution in [0.25, 0.3) is 10.9 Å². The van der Waals surface area contributed by atoms with Crippen LogP contribution in [-0.4, -0.2) is 4.98 Å². The number of para-hydroxylation sites is 1. The number of nitrogens with two attached hydrogens (primary N) is 1. The summed E-state index contributed by atoms with van der Waals surface area (Å²) in [7, 11) is 0. The van der Waals surface area contributed by atoms with Crippen LogP contribution < -0.4 is 10.5 Å². The maximum absolute atomic E-state index is 5.73. The molecule has 94 valence electrons. The first-order valence-electron chi connectivity index (χ1n) is 6.18. The number of hydrogen-bond donors (Lipinski definition) is 1. The van der Waals surface area contributed by atoms with Gasteiger partial charge >= 0.3 is 0 Å². The van der Waals surface area contributed by atoms with E-state index in [0.717, 1.165) is 22.2 Å². The zero-order chi connectivity index (χ0) is 13.1. The number of nitrogens with zero attached hydrogens (tertiary/aromatic N) is 1. The molecule has 0 aliphatic carbocycles. The smallest absolute Gasteiger partial charge is 0.219 e. The first kappa shape index (κ1) is 11.7. The maximum atomic E-state index is 5.73. The third kappa shape index (κ3) is 2.56. The van der Waals surface area contributed by atoms with Crippen LogP contribution in [0.15, 0.2) is 60.7 Å². The van der Waals surface area contributed by atoms with Gasteiger partial charge in [-0.25, -0.2) is 4.98 Å². The lowest BCUT2D eigenvalue weighted by Gasteiger charge is -2.06. The van der Waals surface area contributed by atoms with Crippen molar-refractivity contribution in [3.63, 3.8) is 0 Å². The Morgan fingerprint density at radius 1 is 0.895 bits per heavy atom.